The van der Waals surface area contributed by atoms with Gasteiger partial charge in [0.15, 0.2) is 0 Å². The van der Waals surface area contributed by atoms with E-state index in [2.05, 4.69) is 10.6 Å². The quantitative estimate of drug-likeness (QED) is 0.642. The first-order valence-electron chi connectivity index (χ1n) is 7.31. The van der Waals surface area contributed by atoms with E-state index in [-0.39, 0.29) is 29.8 Å². The van der Waals surface area contributed by atoms with Gasteiger partial charge in [-0.25, -0.2) is 0 Å². The lowest BCUT2D eigenvalue weighted by Crippen LogP contribution is -2.40. The summed E-state index contributed by atoms with van der Waals surface area (Å²) in [6.07, 6.45) is 5.36. The van der Waals surface area contributed by atoms with Gasteiger partial charge in [0, 0.05) is 31.0 Å². The van der Waals surface area contributed by atoms with E-state index >= 15 is 0 Å². The van der Waals surface area contributed by atoms with Crippen molar-refractivity contribution >= 4 is 11.8 Å². The maximum absolute atomic E-state index is 11.9. The minimum atomic E-state index is -0.108. The van der Waals surface area contributed by atoms with E-state index in [1.165, 1.54) is 0 Å². The highest BCUT2D eigenvalue weighted by Gasteiger charge is 2.24. The van der Waals surface area contributed by atoms with Crippen LogP contribution in [0.25, 0.3) is 0 Å². The molecule has 110 valence electrons. The van der Waals surface area contributed by atoms with E-state index in [1.807, 2.05) is 13.8 Å². The Balaban J connectivity index is 2.16. The Morgan fingerprint density at radius 1 is 1.26 bits per heavy atom. The van der Waals surface area contributed by atoms with Gasteiger partial charge < -0.3 is 16.4 Å². The zero-order valence-corrected chi connectivity index (χ0v) is 12.1. The number of amides is 2. The third-order valence-corrected chi connectivity index (χ3v) is 3.53. The van der Waals surface area contributed by atoms with Crippen LogP contribution >= 0.6 is 0 Å². The van der Waals surface area contributed by atoms with Crippen molar-refractivity contribution in [2.75, 3.05) is 6.54 Å². The molecule has 1 aliphatic carbocycles. The second-order valence-corrected chi connectivity index (χ2v) is 5.71. The third-order valence-electron chi connectivity index (χ3n) is 3.53. The molecule has 5 nitrogen and oxygen atoms in total. The molecule has 19 heavy (non-hydrogen) atoms. The fraction of sp³-hybridized carbons (Fsp3) is 0.857. The molecular formula is C14H27N3O2. The average Bonchev–Trinajstić information content (AvgIpc) is 2.81. The molecular weight excluding hydrogens is 242 g/mol. The van der Waals surface area contributed by atoms with Crippen LogP contribution in [0.15, 0.2) is 0 Å². The van der Waals surface area contributed by atoms with Crippen molar-refractivity contribution in [3.05, 3.63) is 0 Å². The Hall–Kier alpha value is -1.10. The Bertz CT molecular complexity index is 299. The van der Waals surface area contributed by atoms with Crippen molar-refractivity contribution < 1.29 is 9.59 Å². The van der Waals surface area contributed by atoms with Crippen molar-refractivity contribution in [3.63, 3.8) is 0 Å². The van der Waals surface area contributed by atoms with Gasteiger partial charge in [0.1, 0.15) is 0 Å². The van der Waals surface area contributed by atoms with Gasteiger partial charge in [0.2, 0.25) is 11.8 Å². The number of nitrogens with one attached hydrogen (secondary N) is 2. The summed E-state index contributed by atoms with van der Waals surface area (Å²) in [5, 5.41) is 5.74. The van der Waals surface area contributed by atoms with Crippen LogP contribution in [0.5, 0.6) is 0 Å². The van der Waals surface area contributed by atoms with E-state index in [1.54, 1.807) is 0 Å². The zero-order valence-electron chi connectivity index (χ0n) is 12.1. The van der Waals surface area contributed by atoms with Crippen molar-refractivity contribution in [2.45, 2.75) is 64.5 Å². The molecule has 0 heterocycles. The third kappa shape index (κ3) is 6.57. The van der Waals surface area contributed by atoms with Gasteiger partial charge in [-0.05, 0) is 33.1 Å². The van der Waals surface area contributed by atoms with Crippen LogP contribution in [0, 0.1) is 5.92 Å². The molecule has 4 N–H and O–H groups in total. The standard InChI is InChI=1S/C14H27N3O2/c1-10(15)7-8-16-13(18)9-11(2)17-14(19)12-5-3-4-6-12/h10-12H,3-9,15H2,1-2H3,(H,16,18)(H,17,19). The van der Waals surface area contributed by atoms with Gasteiger partial charge in [-0.3, -0.25) is 9.59 Å². The second kappa shape index (κ2) is 8.15. The first-order valence-corrected chi connectivity index (χ1v) is 7.31. The molecule has 1 saturated carbocycles. The summed E-state index contributed by atoms with van der Waals surface area (Å²) < 4.78 is 0. The van der Waals surface area contributed by atoms with Gasteiger partial charge in [0.25, 0.3) is 0 Å². The molecule has 1 fully saturated rings. The summed E-state index contributed by atoms with van der Waals surface area (Å²) in [5.74, 6) is 0.233. The number of rotatable bonds is 7. The van der Waals surface area contributed by atoms with Crippen LogP contribution in [0.3, 0.4) is 0 Å². The number of carbonyl (C=O) groups excluding carboxylic acids is 2. The Morgan fingerprint density at radius 3 is 2.47 bits per heavy atom. The van der Waals surface area contributed by atoms with Gasteiger partial charge in [0.05, 0.1) is 0 Å². The van der Waals surface area contributed by atoms with E-state index < -0.39 is 0 Å². The molecule has 1 aliphatic rings. The van der Waals surface area contributed by atoms with Crippen LogP contribution in [0.2, 0.25) is 0 Å². The normalized spacial score (nSPS) is 18.9. The van der Waals surface area contributed by atoms with E-state index in [9.17, 15) is 9.59 Å². The van der Waals surface area contributed by atoms with Crippen LogP contribution in [0.4, 0.5) is 0 Å². The summed E-state index contributed by atoms with van der Waals surface area (Å²) in [5.41, 5.74) is 5.61. The van der Waals surface area contributed by atoms with E-state index in [4.69, 9.17) is 5.73 Å². The number of nitrogens with two attached hydrogens (primary N) is 1. The molecule has 0 bridgehead atoms. The summed E-state index contributed by atoms with van der Waals surface area (Å²) in [7, 11) is 0. The predicted molar refractivity (Wildman–Crippen MR) is 75.5 cm³/mol. The van der Waals surface area contributed by atoms with Gasteiger partial charge >= 0.3 is 0 Å². The topological polar surface area (TPSA) is 84.2 Å². The second-order valence-electron chi connectivity index (χ2n) is 5.71. The van der Waals surface area contributed by atoms with Gasteiger partial charge in [-0.2, -0.15) is 0 Å². The minimum absolute atomic E-state index is 0.0279. The zero-order chi connectivity index (χ0) is 14.3. The van der Waals surface area contributed by atoms with Gasteiger partial charge in [-0.1, -0.05) is 12.8 Å². The molecule has 0 aromatic carbocycles. The SMILES string of the molecule is CC(N)CCNC(=O)CC(C)NC(=O)C1CCCC1. The first-order chi connectivity index (χ1) is 8.99. The van der Waals surface area contributed by atoms with Crippen molar-refractivity contribution in [3.8, 4) is 0 Å². The lowest BCUT2D eigenvalue weighted by Gasteiger charge is -2.17. The molecule has 1 rings (SSSR count). The molecule has 0 aromatic rings. The maximum Gasteiger partial charge on any atom is 0.223 e. The smallest absolute Gasteiger partial charge is 0.223 e. The number of hydrogen-bond acceptors (Lipinski definition) is 3. The predicted octanol–water partition coefficient (Wildman–Crippen LogP) is 0.925. The fourth-order valence-electron chi connectivity index (χ4n) is 2.39. The molecule has 0 radical (unpaired) electrons. The van der Waals surface area contributed by atoms with Crippen molar-refractivity contribution in [1.29, 1.82) is 0 Å². The number of hydrogen-bond donors (Lipinski definition) is 3. The van der Waals surface area contributed by atoms with Crippen molar-refractivity contribution in [2.24, 2.45) is 11.7 Å². The minimum Gasteiger partial charge on any atom is -0.356 e. The summed E-state index contributed by atoms with van der Waals surface area (Å²) >= 11 is 0. The van der Waals surface area contributed by atoms with Crippen LogP contribution in [0.1, 0.15) is 52.4 Å². The maximum atomic E-state index is 11.9. The molecule has 2 amide bonds. The van der Waals surface area contributed by atoms with Gasteiger partial charge in [-0.15, -0.1) is 0 Å². The van der Waals surface area contributed by atoms with E-state index in [0.717, 1.165) is 32.1 Å². The largest absolute Gasteiger partial charge is 0.356 e. The van der Waals surface area contributed by atoms with E-state index in [0.29, 0.717) is 13.0 Å². The lowest BCUT2D eigenvalue weighted by molar-refractivity contribution is -0.126. The summed E-state index contributed by atoms with van der Waals surface area (Å²) in [6.45, 7) is 4.38. The van der Waals surface area contributed by atoms with Crippen LogP contribution in [-0.4, -0.2) is 30.4 Å². The highest BCUT2D eigenvalue weighted by molar-refractivity contribution is 5.81. The Morgan fingerprint density at radius 2 is 1.89 bits per heavy atom. The van der Waals surface area contributed by atoms with Crippen LogP contribution in [-0.2, 0) is 9.59 Å². The molecule has 5 heteroatoms. The first kappa shape index (κ1) is 16.0. The number of carbonyl (C=O) groups is 2. The Kier molecular flexibility index (Phi) is 6.84. The molecule has 0 aromatic heterocycles. The average molecular weight is 269 g/mol. The molecule has 0 saturated heterocycles. The molecule has 0 aliphatic heterocycles. The lowest BCUT2D eigenvalue weighted by atomic mass is 10.1. The monoisotopic (exact) mass is 269 g/mol. The van der Waals surface area contributed by atoms with Crippen LogP contribution < -0.4 is 16.4 Å². The Labute approximate surface area is 115 Å². The molecule has 2 atom stereocenters. The highest BCUT2D eigenvalue weighted by Crippen LogP contribution is 2.24. The molecule has 0 spiro atoms. The van der Waals surface area contributed by atoms with Crippen molar-refractivity contribution in [1.82, 2.24) is 10.6 Å². The molecule has 2 unspecified atom stereocenters. The highest BCUT2D eigenvalue weighted by atomic mass is 16.2. The summed E-state index contributed by atoms with van der Waals surface area (Å²) in [4.78, 5) is 23.5. The fourth-order valence-corrected chi connectivity index (χ4v) is 2.39. The summed E-state index contributed by atoms with van der Waals surface area (Å²) in [6, 6.07) is -0.0109.